The second-order valence-corrected chi connectivity index (χ2v) is 19.2. The normalized spacial score (nSPS) is 14.0. The fraction of sp³-hybridized carbons (Fsp3) is 0. The molecule has 1 aromatic heterocycles. The van der Waals surface area contributed by atoms with Gasteiger partial charge >= 0.3 is 0 Å². The van der Waals surface area contributed by atoms with Crippen molar-refractivity contribution in [2.45, 2.75) is 0 Å². The highest BCUT2D eigenvalue weighted by molar-refractivity contribution is 6.27. The number of hydrogen-bond acceptors (Lipinski definition) is 1. The molecule has 1 heterocycles. The zero-order chi connectivity index (χ0) is 62.1. The maximum absolute atomic E-state index is 9.21. The Balaban J connectivity index is 0.000000151. The Morgan fingerprint density at radius 1 is 0.247 bits per heavy atom. The first-order chi connectivity index (χ1) is 43.6. The highest BCUT2D eigenvalue weighted by Crippen LogP contribution is 2.49. The van der Waals surface area contributed by atoms with Crippen molar-refractivity contribution in [3.63, 3.8) is 0 Å². The Bertz CT molecular complexity index is 5600. The largest absolute Gasteiger partial charge is 0.455 e. The van der Waals surface area contributed by atoms with Crippen LogP contribution in [0.25, 0.3) is 153 Å². The van der Waals surface area contributed by atoms with Gasteiger partial charge in [-0.05, 0) is 144 Å². The van der Waals surface area contributed by atoms with Gasteiger partial charge in [0, 0.05) is 16.2 Å². The van der Waals surface area contributed by atoms with Gasteiger partial charge in [0.05, 0.1) is 17.8 Å². The molecule has 0 aliphatic heterocycles. The molecule has 0 N–H and O–H groups in total. The Hall–Kier alpha value is -10.1. The lowest BCUT2D eigenvalue weighted by atomic mass is 9.84. The van der Waals surface area contributed by atoms with Crippen molar-refractivity contribution in [1.82, 2.24) is 0 Å². The minimum atomic E-state index is -0.411. The van der Waals surface area contributed by atoms with Crippen LogP contribution in [0, 0.1) is 0 Å². The van der Waals surface area contributed by atoms with Gasteiger partial charge in [-0.2, -0.15) is 0 Å². The van der Waals surface area contributed by atoms with Crippen molar-refractivity contribution in [1.29, 1.82) is 0 Å². The van der Waals surface area contributed by atoms with Gasteiger partial charge in [0.1, 0.15) is 11.2 Å². The highest BCUT2D eigenvalue weighted by atomic mass is 16.3. The minimum absolute atomic E-state index is 0.207. The predicted octanol–water partition coefficient (Wildman–Crippen LogP) is 21.7. The smallest absolute Gasteiger partial charge is 0.143 e. The fourth-order valence-corrected chi connectivity index (χ4v) is 11.6. The van der Waals surface area contributed by atoms with Gasteiger partial charge in [0.25, 0.3) is 0 Å². The lowest BCUT2D eigenvalue weighted by molar-refractivity contribution is 0.673. The van der Waals surface area contributed by atoms with Gasteiger partial charge in [0.15, 0.2) is 0 Å². The second kappa shape index (κ2) is 18.4. The molecule has 15 aromatic carbocycles. The van der Waals surface area contributed by atoms with Crippen LogP contribution in [0.5, 0.6) is 0 Å². The molecule has 358 valence electrons. The fourth-order valence-electron chi connectivity index (χ4n) is 11.6. The molecule has 0 aliphatic carbocycles. The van der Waals surface area contributed by atoms with E-state index in [-0.39, 0.29) is 75.4 Å². The zero-order valence-electron chi connectivity index (χ0n) is 54.1. The molecule has 0 saturated carbocycles. The summed E-state index contributed by atoms with van der Waals surface area (Å²) >= 11 is 0. The first-order valence-electron chi connectivity index (χ1n) is 32.0. The first kappa shape index (κ1) is 33.0. The molecule has 0 unspecified atom stereocenters. The monoisotopic (exact) mass is 989 g/mol. The van der Waals surface area contributed by atoms with Crippen LogP contribution >= 0.6 is 0 Å². The molecule has 0 atom stereocenters. The Morgan fingerprint density at radius 3 is 1.35 bits per heavy atom. The van der Waals surface area contributed by atoms with E-state index in [0.717, 1.165) is 98.1 Å². The van der Waals surface area contributed by atoms with E-state index < -0.39 is 30.2 Å². The molecule has 1 nitrogen and oxygen atoms in total. The van der Waals surface area contributed by atoms with Crippen LogP contribution < -0.4 is 0 Å². The van der Waals surface area contributed by atoms with Gasteiger partial charge in [-0.25, -0.2) is 0 Å². The van der Waals surface area contributed by atoms with Crippen LogP contribution in [0.1, 0.15) is 17.8 Å². The van der Waals surface area contributed by atoms with Crippen LogP contribution in [0.15, 0.2) is 295 Å². The molecule has 0 amide bonds. The zero-order valence-corrected chi connectivity index (χ0v) is 41.1. The molecule has 0 saturated heterocycles. The van der Waals surface area contributed by atoms with E-state index in [1.54, 1.807) is 0 Å². The van der Waals surface area contributed by atoms with E-state index in [2.05, 4.69) is 54.6 Å². The summed E-state index contributed by atoms with van der Waals surface area (Å²) in [6.45, 7) is 0. The topological polar surface area (TPSA) is 13.1 Å². The lowest BCUT2D eigenvalue weighted by Crippen LogP contribution is -1.91. The van der Waals surface area contributed by atoms with Gasteiger partial charge in [-0.3, -0.25) is 0 Å². The third-order valence-corrected chi connectivity index (χ3v) is 15.0. The van der Waals surface area contributed by atoms with Crippen LogP contribution in [0.4, 0.5) is 0 Å². The standard InChI is InChI=1S/C40H26.C36H22O/c1-2-12-31-26-32(25-22-27(31)10-1)28-20-23-30(24-21-28)39-35-15-5-7-17-37(35)40(38-18-8-6-16-36(38)39)34-19-9-13-29-11-3-4-14-33(29)34;1-2-12-24(13-3-1)33-26-15-6-8-17-28(26)34(29-18-9-7-16-27(29)33)30-19-10-20-32-35(30)31-22-21-23-11-4-5-14-25(23)36(31)37-32/h1-26H;1-22H/i5D,6D,7D,8D,15D,16D,17D,18D;1D,2D,3D,12D,13D. The van der Waals surface area contributed by atoms with Crippen LogP contribution in [-0.4, -0.2) is 0 Å². The third-order valence-electron chi connectivity index (χ3n) is 15.0. The summed E-state index contributed by atoms with van der Waals surface area (Å²) < 4.78 is 121. The number of hydrogen-bond donors (Lipinski definition) is 0. The average Bonchev–Trinajstić information content (AvgIpc) is 0.781. The Morgan fingerprint density at radius 2 is 0.688 bits per heavy atom. The first-order valence-corrected chi connectivity index (χ1v) is 25.5. The summed E-state index contributed by atoms with van der Waals surface area (Å²) in [5, 5.41) is 12.5. The van der Waals surface area contributed by atoms with Crippen LogP contribution in [-0.2, 0) is 0 Å². The molecule has 16 aromatic rings. The van der Waals surface area contributed by atoms with E-state index in [1.165, 1.54) is 0 Å². The van der Waals surface area contributed by atoms with Crippen molar-refractivity contribution in [3.8, 4) is 55.6 Å². The lowest BCUT2D eigenvalue weighted by Gasteiger charge is -2.19. The van der Waals surface area contributed by atoms with Gasteiger partial charge in [-0.15, -0.1) is 0 Å². The van der Waals surface area contributed by atoms with Crippen molar-refractivity contribution in [2.24, 2.45) is 0 Å². The number of fused-ring (bicyclic) bond motifs is 11. The molecule has 77 heavy (non-hydrogen) atoms. The summed E-state index contributed by atoms with van der Waals surface area (Å²) in [5.41, 5.74) is 8.35. The Kier molecular flexibility index (Phi) is 7.87. The van der Waals surface area contributed by atoms with Crippen molar-refractivity contribution < 1.29 is 22.2 Å². The molecule has 1 heteroatoms. The third kappa shape index (κ3) is 7.39. The SMILES string of the molecule is [2H]c1c([2H])c([2H])c(-c2c3ccccc3c(-c3cccc4oc5c6ccccc6ccc5c34)c3ccccc23)c([2H])c1[2H].[2H]c1c([2H])c([2H])c2c(-c3cccc4ccccc34)c3c([2H])c([2H])c([2H])c([2H])c3c(-c3ccc(-c4ccc5ccccc5c4)cc3)c2c1[2H]. The van der Waals surface area contributed by atoms with E-state index in [0.29, 0.717) is 27.8 Å². The summed E-state index contributed by atoms with van der Waals surface area (Å²) in [5.74, 6) is 0. The molecule has 0 bridgehead atoms. The van der Waals surface area contributed by atoms with E-state index in [1.807, 2.05) is 158 Å². The van der Waals surface area contributed by atoms with Crippen LogP contribution in [0.3, 0.4) is 0 Å². The van der Waals surface area contributed by atoms with E-state index in [4.69, 9.17) is 16.8 Å². The summed E-state index contributed by atoms with van der Waals surface area (Å²) in [6, 6.07) is 65.5. The second-order valence-electron chi connectivity index (χ2n) is 19.2. The maximum Gasteiger partial charge on any atom is 0.143 e. The average molecular weight is 990 g/mol. The van der Waals surface area contributed by atoms with Crippen molar-refractivity contribution in [2.75, 3.05) is 0 Å². The number of furan rings is 1. The molecular formula is C76H48O. The molecule has 0 radical (unpaired) electrons. The van der Waals surface area contributed by atoms with E-state index in [9.17, 15) is 5.48 Å². The number of rotatable bonds is 5. The minimum Gasteiger partial charge on any atom is -0.455 e. The molecule has 16 rings (SSSR count). The number of benzene rings is 15. The molecule has 0 aliphatic rings. The predicted molar refractivity (Wildman–Crippen MR) is 330 cm³/mol. The molecule has 0 fully saturated rings. The van der Waals surface area contributed by atoms with Gasteiger partial charge in [0.2, 0.25) is 0 Å². The molecular weight excluding hydrogens is 929 g/mol. The summed E-state index contributed by atoms with van der Waals surface area (Å²) in [4.78, 5) is 0. The highest BCUT2D eigenvalue weighted by Gasteiger charge is 2.22. The van der Waals surface area contributed by atoms with Gasteiger partial charge < -0.3 is 4.42 Å². The summed E-state index contributed by atoms with van der Waals surface area (Å²) in [6.07, 6.45) is 0. The van der Waals surface area contributed by atoms with Crippen LogP contribution in [0.2, 0.25) is 0 Å². The molecule has 0 spiro atoms. The summed E-state index contributed by atoms with van der Waals surface area (Å²) in [7, 11) is 0. The Labute approximate surface area is 464 Å². The van der Waals surface area contributed by atoms with Crippen molar-refractivity contribution >= 4 is 97.3 Å². The quantitative estimate of drug-likeness (QED) is 0.157. The maximum atomic E-state index is 9.21. The van der Waals surface area contributed by atoms with Gasteiger partial charge in [-0.1, -0.05) is 273 Å². The van der Waals surface area contributed by atoms with E-state index >= 15 is 0 Å². The van der Waals surface area contributed by atoms with Crippen molar-refractivity contribution in [3.05, 3.63) is 291 Å².